The Labute approximate surface area is 141 Å². The molecule has 0 amide bonds. The average molecular weight is 323 g/mol. The van der Waals surface area contributed by atoms with Crippen LogP contribution in [0.25, 0.3) is 28.2 Å². The van der Waals surface area contributed by atoms with Crippen LogP contribution in [0.5, 0.6) is 0 Å². The summed E-state index contributed by atoms with van der Waals surface area (Å²) in [6.45, 7) is 5.20. The molecule has 1 aromatic heterocycles. The van der Waals surface area contributed by atoms with Crippen molar-refractivity contribution in [3.05, 3.63) is 65.5 Å². The third-order valence-electron chi connectivity index (χ3n) is 4.32. The molecule has 0 aliphatic rings. The van der Waals surface area contributed by atoms with Crippen molar-refractivity contribution < 1.29 is 4.39 Å². The highest BCUT2D eigenvalue weighted by atomic mass is 19.1. The zero-order valence-electron chi connectivity index (χ0n) is 13.8. The normalized spacial score (nSPS) is 11.1. The monoisotopic (exact) mass is 323 g/mol. The number of aromatic nitrogens is 1. The molecular formula is C20H22FN3. The van der Waals surface area contributed by atoms with Crippen LogP contribution in [0.15, 0.2) is 43.0 Å². The molecular weight excluding hydrogens is 301 g/mol. The predicted octanol–water partition coefficient (Wildman–Crippen LogP) is 3.84. The number of benzene rings is 2. The Kier molecular flexibility index (Phi) is 4.79. The summed E-state index contributed by atoms with van der Waals surface area (Å²) >= 11 is 0. The second-order valence-electron chi connectivity index (χ2n) is 5.85. The molecule has 1 heterocycles. The van der Waals surface area contributed by atoms with Crippen molar-refractivity contribution in [1.29, 1.82) is 0 Å². The Morgan fingerprint density at radius 1 is 1.25 bits per heavy atom. The molecule has 4 N–H and O–H groups in total. The fourth-order valence-corrected chi connectivity index (χ4v) is 3.11. The van der Waals surface area contributed by atoms with Crippen molar-refractivity contribution in [2.45, 2.75) is 13.0 Å². The van der Waals surface area contributed by atoms with Gasteiger partial charge in [-0.3, -0.25) is 0 Å². The molecule has 0 aliphatic heterocycles. The van der Waals surface area contributed by atoms with Gasteiger partial charge in [0.05, 0.1) is 0 Å². The van der Waals surface area contributed by atoms with Gasteiger partial charge in [0, 0.05) is 23.1 Å². The molecule has 0 saturated carbocycles. The van der Waals surface area contributed by atoms with Gasteiger partial charge in [-0.1, -0.05) is 36.9 Å². The lowest BCUT2D eigenvalue weighted by Gasteiger charge is -2.07. The molecule has 3 rings (SSSR count). The Morgan fingerprint density at radius 2 is 2.00 bits per heavy atom. The number of hydrogen-bond donors (Lipinski definition) is 3. The van der Waals surface area contributed by atoms with Crippen LogP contribution >= 0.6 is 0 Å². The average Bonchev–Trinajstić information content (AvgIpc) is 2.97. The molecule has 0 radical (unpaired) electrons. The molecule has 2 aromatic carbocycles. The summed E-state index contributed by atoms with van der Waals surface area (Å²) in [5.41, 5.74) is 11.7. The van der Waals surface area contributed by atoms with Crippen LogP contribution in [0.3, 0.4) is 0 Å². The van der Waals surface area contributed by atoms with E-state index in [4.69, 9.17) is 5.73 Å². The number of hydrogen-bond acceptors (Lipinski definition) is 2. The van der Waals surface area contributed by atoms with E-state index >= 15 is 0 Å². The number of H-pyrrole nitrogens is 1. The van der Waals surface area contributed by atoms with Crippen LogP contribution in [-0.2, 0) is 13.0 Å². The van der Waals surface area contributed by atoms with Gasteiger partial charge in [-0.15, -0.1) is 0 Å². The molecule has 0 aliphatic carbocycles. The summed E-state index contributed by atoms with van der Waals surface area (Å²) in [7, 11) is 1.93. The first-order valence-electron chi connectivity index (χ1n) is 8.08. The first kappa shape index (κ1) is 16.4. The van der Waals surface area contributed by atoms with Crippen LogP contribution in [-0.4, -0.2) is 18.6 Å². The van der Waals surface area contributed by atoms with E-state index in [1.165, 1.54) is 11.6 Å². The Bertz CT molecular complexity index is 863. The van der Waals surface area contributed by atoms with Crippen molar-refractivity contribution in [2.75, 3.05) is 13.6 Å². The summed E-state index contributed by atoms with van der Waals surface area (Å²) < 4.78 is 13.9. The van der Waals surface area contributed by atoms with Crippen molar-refractivity contribution in [2.24, 2.45) is 5.73 Å². The molecule has 24 heavy (non-hydrogen) atoms. The van der Waals surface area contributed by atoms with Crippen LogP contribution < -0.4 is 11.1 Å². The van der Waals surface area contributed by atoms with Crippen LogP contribution in [0.1, 0.15) is 16.7 Å². The van der Waals surface area contributed by atoms with E-state index in [2.05, 4.69) is 29.0 Å². The third-order valence-corrected chi connectivity index (χ3v) is 4.32. The SMILES string of the molecule is C=Cc1cc(F)cc2[nH]c(-c3ccc(CN)cc3)c(CCNC)c12. The van der Waals surface area contributed by atoms with Crippen LogP contribution in [0, 0.1) is 5.82 Å². The fourth-order valence-electron chi connectivity index (χ4n) is 3.11. The van der Waals surface area contributed by atoms with Gasteiger partial charge in [0.15, 0.2) is 0 Å². The summed E-state index contributed by atoms with van der Waals surface area (Å²) in [5.74, 6) is -0.260. The maximum atomic E-state index is 13.9. The standard InChI is InChI=1S/C20H22FN3/c1-3-14-10-16(21)11-18-19(14)17(8-9-23-2)20(24-18)15-6-4-13(12-22)5-7-15/h3-7,10-11,23-24H,1,8-9,12,22H2,2H3. The molecule has 3 aromatic rings. The number of fused-ring (bicyclic) bond motifs is 1. The topological polar surface area (TPSA) is 53.8 Å². The lowest BCUT2D eigenvalue weighted by molar-refractivity contribution is 0.629. The molecule has 0 unspecified atom stereocenters. The Hall–Kier alpha value is -2.43. The van der Waals surface area contributed by atoms with Gasteiger partial charge in [-0.25, -0.2) is 4.39 Å². The van der Waals surface area contributed by atoms with Gasteiger partial charge < -0.3 is 16.0 Å². The maximum absolute atomic E-state index is 13.9. The minimum absolute atomic E-state index is 0.260. The molecule has 0 atom stereocenters. The summed E-state index contributed by atoms with van der Waals surface area (Å²) in [4.78, 5) is 3.40. The first-order valence-corrected chi connectivity index (χ1v) is 8.08. The zero-order valence-corrected chi connectivity index (χ0v) is 13.8. The summed E-state index contributed by atoms with van der Waals surface area (Å²) in [6, 6.07) is 11.2. The van der Waals surface area contributed by atoms with Crippen LogP contribution in [0.2, 0.25) is 0 Å². The largest absolute Gasteiger partial charge is 0.354 e. The zero-order chi connectivity index (χ0) is 17.1. The van der Waals surface area contributed by atoms with Crippen LogP contribution in [0.4, 0.5) is 4.39 Å². The van der Waals surface area contributed by atoms with Crippen molar-refractivity contribution >= 4 is 17.0 Å². The van der Waals surface area contributed by atoms with Gasteiger partial charge in [0.2, 0.25) is 0 Å². The third kappa shape index (κ3) is 2.98. The van der Waals surface area contributed by atoms with E-state index in [9.17, 15) is 4.39 Å². The van der Waals surface area contributed by atoms with Crippen molar-refractivity contribution in [1.82, 2.24) is 10.3 Å². The number of likely N-dealkylation sites (N-methyl/N-ethyl adjacent to an activating group) is 1. The lowest BCUT2D eigenvalue weighted by Crippen LogP contribution is -2.10. The van der Waals surface area contributed by atoms with Gasteiger partial charge in [-0.2, -0.15) is 0 Å². The van der Waals surface area contributed by atoms with E-state index in [1.807, 2.05) is 19.2 Å². The molecule has 0 saturated heterocycles. The molecule has 124 valence electrons. The molecule has 4 heteroatoms. The highest BCUT2D eigenvalue weighted by molar-refractivity contribution is 5.96. The minimum atomic E-state index is -0.260. The lowest BCUT2D eigenvalue weighted by atomic mass is 9.98. The molecule has 3 nitrogen and oxygen atoms in total. The summed E-state index contributed by atoms with van der Waals surface area (Å²) in [5, 5.41) is 4.23. The van der Waals surface area contributed by atoms with Gasteiger partial charge in [0.1, 0.15) is 5.82 Å². The highest BCUT2D eigenvalue weighted by Crippen LogP contribution is 2.34. The Morgan fingerprint density at radius 3 is 2.62 bits per heavy atom. The number of halogens is 1. The second-order valence-corrected chi connectivity index (χ2v) is 5.85. The second kappa shape index (κ2) is 6.99. The smallest absolute Gasteiger partial charge is 0.125 e. The Balaban J connectivity index is 2.23. The molecule has 0 spiro atoms. The van der Waals surface area contributed by atoms with Gasteiger partial charge >= 0.3 is 0 Å². The van der Waals surface area contributed by atoms with E-state index in [0.29, 0.717) is 6.54 Å². The van der Waals surface area contributed by atoms with Crippen molar-refractivity contribution in [3.63, 3.8) is 0 Å². The number of nitrogens with one attached hydrogen (secondary N) is 2. The van der Waals surface area contributed by atoms with Gasteiger partial charge in [0.25, 0.3) is 0 Å². The van der Waals surface area contributed by atoms with E-state index in [1.54, 1.807) is 12.1 Å². The van der Waals surface area contributed by atoms with Crippen molar-refractivity contribution in [3.8, 4) is 11.3 Å². The number of nitrogens with two attached hydrogens (primary N) is 1. The van der Waals surface area contributed by atoms with E-state index in [-0.39, 0.29) is 5.82 Å². The maximum Gasteiger partial charge on any atom is 0.125 e. The molecule has 0 bridgehead atoms. The quantitative estimate of drug-likeness (QED) is 0.645. The predicted molar refractivity (Wildman–Crippen MR) is 99.3 cm³/mol. The van der Waals surface area contributed by atoms with Gasteiger partial charge in [-0.05, 0) is 54.4 Å². The minimum Gasteiger partial charge on any atom is -0.354 e. The van der Waals surface area contributed by atoms with E-state index < -0.39 is 0 Å². The van der Waals surface area contributed by atoms with E-state index in [0.717, 1.165) is 46.3 Å². The number of rotatable bonds is 6. The fraction of sp³-hybridized carbons (Fsp3) is 0.200. The first-order chi connectivity index (χ1) is 11.7. The number of aromatic amines is 1. The highest BCUT2D eigenvalue weighted by Gasteiger charge is 2.16. The molecule has 0 fully saturated rings. The summed E-state index contributed by atoms with van der Waals surface area (Å²) in [6.07, 6.45) is 2.56.